The predicted molar refractivity (Wildman–Crippen MR) is 94.8 cm³/mol. The summed E-state index contributed by atoms with van der Waals surface area (Å²) in [6.07, 6.45) is 4.31. The first kappa shape index (κ1) is 18.9. The van der Waals surface area contributed by atoms with Crippen molar-refractivity contribution in [3.63, 3.8) is 0 Å². The third-order valence-electron chi connectivity index (χ3n) is 5.96. The number of hydrogen-bond donors (Lipinski definition) is 4. The first-order valence-electron chi connectivity index (χ1n) is 9.38. The number of carboxylic acids is 2. The lowest BCUT2D eigenvalue weighted by Crippen LogP contribution is -2.25. The van der Waals surface area contributed by atoms with E-state index < -0.39 is 11.9 Å². The van der Waals surface area contributed by atoms with Gasteiger partial charge in [0.1, 0.15) is 0 Å². The van der Waals surface area contributed by atoms with Gasteiger partial charge in [-0.25, -0.2) is 9.59 Å². The molecule has 0 unspecified atom stereocenters. The highest BCUT2D eigenvalue weighted by Gasteiger charge is 2.33. The molecule has 4 N–H and O–H groups in total. The Kier molecular flexibility index (Phi) is 5.63. The molecule has 0 amide bonds. The second-order valence-corrected chi connectivity index (χ2v) is 7.61. The fraction of sp³-hybridized carbons (Fsp3) is 0.600. The highest BCUT2D eigenvalue weighted by atomic mass is 16.4. The van der Waals surface area contributed by atoms with E-state index in [2.05, 4.69) is 0 Å². The quantitative estimate of drug-likeness (QED) is 0.654. The maximum Gasteiger partial charge on any atom is 0.335 e. The van der Waals surface area contributed by atoms with Crippen LogP contribution in [0.5, 0.6) is 0 Å². The van der Waals surface area contributed by atoms with Crippen LogP contribution in [0.2, 0.25) is 0 Å². The van der Waals surface area contributed by atoms with Gasteiger partial charge in [-0.2, -0.15) is 0 Å². The monoisotopic (exact) mass is 362 g/mol. The third-order valence-corrected chi connectivity index (χ3v) is 5.96. The van der Waals surface area contributed by atoms with Crippen molar-refractivity contribution in [2.45, 2.75) is 75.4 Å². The largest absolute Gasteiger partial charge is 0.478 e. The van der Waals surface area contributed by atoms with Crippen molar-refractivity contribution in [1.82, 2.24) is 0 Å². The summed E-state index contributed by atoms with van der Waals surface area (Å²) in [6, 6.07) is 2.82. The number of carbonyl (C=O) groups is 2. The summed E-state index contributed by atoms with van der Waals surface area (Å²) in [5.74, 6) is -2.18. The van der Waals surface area contributed by atoms with Gasteiger partial charge < -0.3 is 20.4 Å². The van der Waals surface area contributed by atoms with Crippen molar-refractivity contribution in [3.8, 4) is 0 Å². The van der Waals surface area contributed by atoms with E-state index in [1.165, 1.54) is 12.1 Å². The van der Waals surface area contributed by atoms with Crippen LogP contribution in [0.1, 0.15) is 95.0 Å². The molecule has 0 heterocycles. The lowest BCUT2D eigenvalue weighted by molar-refractivity contribution is 0.0675. The molecule has 1 aromatic carbocycles. The van der Waals surface area contributed by atoms with E-state index in [0.29, 0.717) is 62.5 Å². The molecule has 142 valence electrons. The van der Waals surface area contributed by atoms with E-state index >= 15 is 0 Å². The van der Waals surface area contributed by atoms with E-state index in [1.54, 1.807) is 0 Å². The Labute approximate surface area is 152 Å². The molecular formula is C20H26O6. The number of aliphatic hydroxyl groups is 2. The van der Waals surface area contributed by atoms with Gasteiger partial charge in [-0.1, -0.05) is 0 Å². The second-order valence-electron chi connectivity index (χ2n) is 7.61. The molecule has 2 aliphatic carbocycles. The van der Waals surface area contributed by atoms with Crippen LogP contribution < -0.4 is 0 Å². The van der Waals surface area contributed by atoms with Gasteiger partial charge in [0.15, 0.2) is 0 Å². The van der Waals surface area contributed by atoms with Crippen LogP contribution in [0.4, 0.5) is 0 Å². The Bertz CT molecular complexity index is 623. The summed E-state index contributed by atoms with van der Waals surface area (Å²) in [7, 11) is 0. The minimum absolute atomic E-state index is 0.0503. The number of aliphatic hydroxyl groups excluding tert-OH is 2. The van der Waals surface area contributed by atoms with E-state index in [9.17, 15) is 30.0 Å². The first-order chi connectivity index (χ1) is 12.4. The topological polar surface area (TPSA) is 115 Å². The number of aromatic carboxylic acids is 2. The van der Waals surface area contributed by atoms with Crippen LogP contribution in [-0.4, -0.2) is 44.6 Å². The summed E-state index contributed by atoms with van der Waals surface area (Å²) in [4.78, 5) is 23.7. The number of rotatable bonds is 4. The fourth-order valence-electron chi connectivity index (χ4n) is 4.62. The summed E-state index contributed by atoms with van der Waals surface area (Å²) < 4.78 is 0. The molecule has 2 saturated carbocycles. The SMILES string of the molecule is O=C(O)c1ccc(C(=O)O)c([C@H]2CC[C@H](O)CC2)c1[C@H]1CC[C@H](O)CC1. The molecule has 6 heteroatoms. The molecule has 0 saturated heterocycles. The summed E-state index contributed by atoms with van der Waals surface area (Å²) in [5.41, 5.74) is 1.64. The lowest BCUT2D eigenvalue weighted by Gasteiger charge is -2.33. The number of carboxylic acid groups (broad SMARTS) is 2. The molecule has 2 fully saturated rings. The molecule has 0 aromatic heterocycles. The average Bonchev–Trinajstić information content (AvgIpc) is 2.61. The van der Waals surface area contributed by atoms with Gasteiger partial charge in [-0.15, -0.1) is 0 Å². The normalized spacial score (nSPS) is 29.3. The van der Waals surface area contributed by atoms with Crippen molar-refractivity contribution < 1.29 is 30.0 Å². The first-order valence-corrected chi connectivity index (χ1v) is 9.38. The highest BCUT2D eigenvalue weighted by molar-refractivity contribution is 5.95. The smallest absolute Gasteiger partial charge is 0.335 e. The molecule has 0 radical (unpaired) electrons. The lowest BCUT2D eigenvalue weighted by atomic mass is 9.72. The van der Waals surface area contributed by atoms with Crippen LogP contribution in [-0.2, 0) is 0 Å². The molecule has 0 aliphatic heterocycles. The number of benzene rings is 1. The maximum absolute atomic E-state index is 11.9. The minimum Gasteiger partial charge on any atom is -0.478 e. The Morgan fingerprint density at radius 1 is 0.654 bits per heavy atom. The Morgan fingerprint density at radius 2 is 0.962 bits per heavy atom. The molecule has 0 spiro atoms. The maximum atomic E-state index is 11.9. The van der Waals surface area contributed by atoms with Crippen LogP contribution in [0.25, 0.3) is 0 Å². The van der Waals surface area contributed by atoms with Crippen molar-refractivity contribution in [2.24, 2.45) is 0 Å². The van der Waals surface area contributed by atoms with Gasteiger partial charge in [-0.3, -0.25) is 0 Å². The van der Waals surface area contributed by atoms with Gasteiger partial charge in [-0.05, 0) is 86.5 Å². The highest BCUT2D eigenvalue weighted by Crippen LogP contribution is 2.44. The molecule has 1 aromatic rings. The van der Waals surface area contributed by atoms with E-state index in [4.69, 9.17) is 0 Å². The van der Waals surface area contributed by atoms with Crippen LogP contribution in [0, 0.1) is 0 Å². The van der Waals surface area contributed by atoms with Crippen molar-refractivity contribution in [1.29, 1.82) is 0 Å². The summed E-state index contributed by atoms with van der Waals surface area (Å²) >= 11 is 0. The molecular weight excluding hydrogens is 336 g/mol. The molecule has 6 nitrogen and oxygen atoms in total. The summed E-state index contributed by atoms with van der Waals surface area (Å²) in [5, 5.41) is 39.0. The van der Waals surface area contributed by atoms with E-state index in [-0.39, 0.29) is 35.2 Å². The van der Waals surface area contributed by atoms with Gasteiger partial charge in [0.05, 0.1) is 23.3 Å². The Balaban J connectivity index is 2.12. The van der Waals surface area contributed by atoms with Gasteiger partial charge in [0.25, 0.3) is 0 Å². The van der Waals surface area contributed by atoms with Crippen molar-refractivity contribution >= 4 is 11.9 Å². The van der Waals surface area contributed by atoms with E-state index in [0.717, 1.165) is 0 Å². The predicted octanol–water partition coefficient (Wildman–Crippen LogP) is 3.12. The Morgan fingerprint density at radius 3 is 1.23 bits per heavy atom. The van der Waals surface area contributed by atoms with Crippen LogP contribution in [0.15, 0.2) is 12.1 Å². The fourth-order valence-corrected chi connectivity index (χ4v) is 4.62. The van der Waals surface area contributed by atoms with Gasteiger partial charge in [0.2, 0.25) is 0 Å². The molecule has 2 aliphatic rings. The molecule has 0 atom stereocenters. The molecule has 0 bridgehead atoms. The van der Waals surface area contributed by atoms with E-state index in [1.807, 2.05) is 0 Å². The van der Waals surface area contributed by atoms with Gasteiger partial charge >= 0.3 is 11.9 Å². The van der Waals surface area contributed by atoms with Crippen LogP contribution in [0.3, 0.4) is 0 Å². The Hall–Kier alpha value is -1.92. The van der Waals surface area contributed by atoms with Crippen LogP contribution >= 0.6 is 0 Å². The zero-order valence-electron chi connectivity index (χ0n) is 14.7. The molecule has 26 heavy (non-hydrogen) atoms. The second kappa shape index (κ2) is 7.76. The molecule has 3 rings (SSSR count). The minimum atomic E-state index is -1.04. The van der Waals surface area contributed by atoms with Crippen molar-refractivity contribution in [3.05, 3.63) is 34.4 Å². The zero-order chi connectivity index (χ0) is 18.8. The zero-order valence-corrected chi connectivity index (χ0v) is 14.7. The standard InChI is InChI=1S/C20H26O6/c21-13-5-1-11(2-6-13)17-15(19(23)24)9-10-16(20(25)26)18(17)12-3-7-14(22)8-4-12/h9-14,21-22H,1-8H2,(H,23,24)(H,25,26)/t11-,12-,13-,14-. The number of hydrogen-bond acceptors (Lipinski definition) is 4. The third kappa shape index (κ3) is 3.76. The van der Waals surface area contributed by atoms with Crippen molar-refractivity contribution in [2.75, 3.05) is 0 Å². The van der Waals surface area contributed by atoms with Gasteiger partial charge in [0, 0.05) is 0 Å². The summed E-state index contributed by atoms with van der Waals surface area (Å²) in [6.45, 7) is 0. The average molecular weight is 362 g/mol.